The predicted molar refractivity (Wildman–Crippen MR) is 480 cm³/mol. The van der Waals surface area contributed by atoms with Gasteiger partial charge in [0, 0.05) is 94.9 Å². The molecule has 0 unspecified atom stereocenters. The molecule has 0 saturated carbocycles. The Morgan fingerprint density at radius 3 is 1.13 bits per heavy atom. The Kier molecular flexibility index (Phi) is 24.2. The molecule has 124 heavy (non-hydrogen) atoms. The van der Waals surface area contributed by atoms with Gasteiger partial charge in [-0.15, -0.1) is 0 Å². The molecule has 0 aliphatic carbocycles. The van der Waals surface area contributed by atoms with Crippen molar-refractivity contribution in [2.75, 3.05) is 32.1 Å². The molecule has 5 aliphatic rings. The number of aryl methyl sites for hydroxylation is 2. The summed E-state index contributed by atoms with van der Waals surface area (Å²) in [4.78, 5) is 19.7. The van der Waals surface area contributed by atoms with Crippen LogP contribution in [0.5, 0.6) is 57.5 Å². The van der Waals surface area contributed by atoms with Gasteiger partial charge in [-0.1, -0.05) is 77.1 Å². The zero-order valence-corrected chi connectivity index (χ0v) is 76.7. The average Bonchev–Trinajstić information content (AvgIpc) is 0.756. The molecule has 11 aromatic rings. The number of phenols is 5. The van der Waals surface area contributed by atoms with Crippen molar-refractivity contribution in [3.05, 3.63) is 244 Å². The van der Waals surface area contributed by atoms with Gasteiger partial charge in [-0.05, 0) is 267 Å². The number of aromatic hydroxyl groups is 5. The van der Waals surface area contributed by atoms with Crippen molar-refractivity contribution in [3.8, 4) is 124 Å². The minimum Gasteiger partial charge on any atom is -0.507 e. The number of aromatic nitrogens is 1. The molecule has 0 bridgehead atoms. The van der Waals surface area contributed by atoms with Gasteiger partial charge in [0.2, 0.25) is 0 Å². The van der Waals surface area contributed by atoms with E-state index in [2.05, 4.69) is 18.5 Å². The quantitative estimate of drug-likeness (QED) is 0.0751. The number of pyridine rings is 1. The van der Waals surface area contributed by atoms with Crippen LogP contribution in [-0.4, -0.2) is 107 Å². The molecule has 10 aromatic carbocycles. The first kappa shape index (κ1) is 91.5. The van der Waals surface area contributed by atoms with Gasteiger partial charge >= 0.3 is 0 Å². The molecule has 0 fully saturated rings. The number of ketones is 1. The molecule has 5 aliphatic heterocycles. The number of hydrogen-bond donors (Lipinski definition) is 5. The van der Waals surface area contributed by atoms with Gasteiger partial charge in [0.1, 0.15) is 91.3 Å². The molecule has 5 N–H and O–H groups in total. The minimum absolute atomic E-state index is 0.0237. The summed E-state index contributed by atoms with van der Waals surface area (Å²) in [6.07, 6.45) is 8.21. The summed E-state index contributed by atoms with van der Waals surface area (Å²) in [5.41, 5.74) is 11.8. The normalized spacial score (nSPS) is 15.1. The van der Waals surface area contributed by atoms with Crippen molar-refractivity contribution < 1.29 is 92.1 Å². The number of rotatable bonds is 11. The predicted octanol–water partition coefficient (Wildman–Crippen LogP) is 20.7. The van der Waals surface area contributed by atoms with Crippen LogP contribution in [0.4, 0.5) is 4.39 Å². The molecule has 1 aromatic heterocycles. The maximum Gasteiger partial charge on any atom is 0.175 e. The van der Waals surface area contributed by atoms with E-state index in [1.807, 2.05) is 158 Å². The molecule has 0 saturated heterocycles. The number of fused-ring (bicyclic) bond motifs is 15. The fourth-order valence-electron chi connectivity index (χ4n) is 16.0. The first-order chi connectivity index (χ1) is 57.3. The van der Waals surface area contributed by atoms with Crippen LogP contribution in [0.25, 0.3) is 66.9 Å². The van der Waals surface area contributed by atoms with E-state index in [-0.39, 0.29) is 59.9 Å². The van der Waals surface area contributed by atoms with Crippen LogP contribution < -0.4 is 23.7 Å². The Morgan fingerprint density at radius 1 is 0.435 bits per heavy atom. The fraction of sp³-hybridized carbons (Fsp3) is 0.306. The molecule has 26 heteroatoms. The van der Waals surface area contributed by atoms with Gasteiger partial charge in [-0.25, -0.2) is 38.1 Å². The Bertz CT molecular complexity index is 6690. The number of Topliss-reactive ketones (excluding diaryl/α,β-unsaturated/α-hetero) is 1. The van der Waals surface area contributed by atoms with Gasteiger partial charge in [0.25, 0.3) is 0 Å². The van der Waals surface area contributed by atoms with Gasteiger partial charge < -0.3 is 54.1 Å². The summed E-state index contributed by atoms with van der Waals surface area (Å²) in [6.45, 7) is 35.0. The van der Waals surface area contributed by atoms with Crippen LogP contribution in [0.1, 0.15) is 165 Å². The zero-order valence-electron chi connectivity index (χ0n) is 73.4. The lowest BCUT2D eigenvalue weighted by Crippen LogP contribution is -2.30. The Labute approximate surface area is 726 Å². The molecule has 0 amide bonds. The molecule has 0 radical (unpaired) electrons. The monoisotopic (exact) mass is 1760 g/mol. The van der Waals surface area contributed by atoms with E-state index in [1.54, 1.807) is 115 Å². The molecule has 6 heterocycles. The standard InChI is InChI=1S/C21H19NO4S.C21H25NO4S.C20H21FO3.C19H22O4S.C17H18O4S/c1-21(2)16-8-7-14(27(3,24)25)12-15(16)20-18(23)10-13(11-19(20)26-21)17-6-4-5-9-22-17;1-13(2)22(5)12-14-9-18(23)20-16-11-15(27(6,24)25)7-8-17(16)21(3,4)26-19(20)10-14;1-19(2,3)18(23)11-8-15(22)17-13-10-12(21)6-7-14(13)20(4,5)24-16(17)9-11;1-5-6-12-9-16(20)18-14-11-13(24(4,21)22)7-8-15(14)19(2,3)23-17(18)10-12;1-10-7-14(18)16-12-9-11(22(4,19)20)5-6-13(12)17(2,3)21-15(16)8-10/h4-12,23H,1-3H3;7-11,23H,1,12H2,2-6H3;6-10,22H,1-5H3;7-11,20H,5-6H2,1-4H3;5-9,18H,1-4H3. The topological polar surface area (TPSA) is 317 Å². The lowest BCUT2D eigenvalue weighted by atomic mass is 9.82. The summed E-state index contributed by atoms with van der Waals surface area (Å²) >= 11 is 0. The second-order valence-corrected chi connectivity index (χ2v) is 43.7. The molecule has 16 rings (SSSR count). The highest BCUT2D eigenvalue weighted by Gasteiger charge is 2.42. The first-order valence-corrected chi connectivity index (χ1v) is 47.6. The summed E-state index contributed by atoms with van der Waals surface area (Å²) in [5.74, 6) is 2.36. The largest absolute Gasteiger partial charge is 0.507 e. The molecule has 652 valence electrons. The zero-order chi connectivity index (χ0) is 91.4. The number of allylic oxidation sites excluding steroid dienone is 1. The lowest BCUT2D eigenvalue weighted by molar-refractivity contribution is 0.0851. The second-order valence-electron chi connectivity index (χ2n) is 35.7. The average molecular weight is 1760 g/mol. The highest BCUT2D eigenvalue weighted by atomic mass is 32.2. The second kappa shape index (κ2) is 32.8. The van der Waals surface area contributed by atoms with Crippen molar-refractivity contribution in [2.45, 2.75) is 178 Å². The van der Waals surface area contributed by atoms with Crippen LogP contribution in [0.15, 0.2) is 208 Å². The van der Waals surface area contributed by atoms with Crippen molar-refractivity contribution >= 4 is 45.1 Å². The van der Waals surface area contributed by atoms with Crippen LogP contribution in [0, 0.1) is 18.2 Å². The molecular weight excluding hydrogens is 1660 g/mol. The number of sulfone groups is 4. The number of carbonyl (C=O) groups is 1. The van der Waals surface area contributed by atoms with E-state index in [9.17, 15) is 68.4 Å². The van der Waals surface area contributed by atoms with Crippen LogP contribution in [0.3, 0.4) is 0 Å². The Hall–Kier alpha value is -11.7. The summed E-state index contributed by atoms with van der Waals surface area (Å²) in [7, 11) is -11.5. The fourth-order valence-corrected chi connectivity index (χ4v) is 18.6. The summed E-state index contributed by atoms with van der Waals surface area (Å²) < 4.78 is 140. The maximum atomic E-state index is 13.8. The summed E-state index contributed by atoms with van der Waals surface area (Å²) in [5, 5.41) is 52.8. The summed E-state index contributed by atoms with van der Waals surface area (Å²) in [6, 6.07) is 47.1. The molecule has 21 nitrogen and oxygen atoms in total. The minimum atomic E-state index is -3.37. The van der Waals surface area contributed by atoms with Gasteiger partial charge in [-0.3, -0.25) is 9.78 Å². The first-order valence-electron chi connectivity index (χ1n) is 40.1. The highest BCUT2D eigenvalue weighted by molar-refractivity contribution is 7.91. The number of hydrogen-bond acceptors (Lipinski definition) is 21. The van der Waals surface area contributed by atoms with E-state index < -0.39 is 72.8 Å². The Morgan fingerprint density at radius 2 is 0.766 bits per heavy atom. The van der Waals surface area contributed by atoms with E-state index in [0.717, 1.165) is 68.6 Å². The molecule has 0 spiro atoms. The number of benzene rings is 10. The van der Waals surface area contributed by atoms with Crippen molar-refractivity contribution in [2.24, 2.45) is 5.41 Å². The number of halogens is 1. The van der Waals surface area contributed by atoms with Crippen LogP contribution >= 0.6 is 0 Å². The van der Waals surface area contributed by atoms with E-state index in [1.165, 1.54) is 43.2 Å². The SMILES string of the molecule is C=C(C)N(C)Cc1cc(O)c2c(c1)OC(C)(C)c1ccc(S(C)(=O)=O)cc1-2.CC(C)(C)C(=O)c1cc(O)c2c(c1)OC(C)(C)c1ccc(F)cc1-2.CC1(C)Oc2cc(-c3ccccn3)cc(O)c2-c2cc(S(C)(=O)=O)ccc21.CCCc1cc(O)c2c(c1)OC(C)(C)c1ccc(S(C)(=O)=O)cc1-2.Cc1cc(O)c2c(c1)OC(C)(C)c1ccc(S(C)(=O)=O)cc1-2. The number of carbonyl (C=O) groups excluding carboxylic acids is 1. The van der Waals surface area contributed by atoms with E-state index >= 15 is 0 Å². The lowest BCUT2D eigenvalue weighted by Gasteiger charge is -2.36. The smallest absolute Gasteiger partial charge is 0.175 e. The third kappa shape index (κ3) is 18.7. The van der Waals surface area contributed by atoms with Crippen LogP contribution in [-0.2, 0) is 80.3 Å². The van der Waals surface area contributed by atoms with Crippen molar-refractivity contribution in [1.82, 2.24) is 9.88 Å². The number of ether oxygens (including phenoxy) is 5. The number of phenolic OH excluding ortho intramolecular Hbond substituents is 5. The highest BCUT2D eigenvalue weighted by Crippen LogP contribution is 2.57. The van der Waals surface area contributed by atoms with E-state index in [4.69, 9.17) is 23.7 Å². The van der Waals surface area contributed by atoms with Crippen LogP contribution in [0.2, 0.25) is 0 Å². The third-order valence-electron chi connectivity index (χ3n) is 22.3. The van der Waals surface area contributed by atoms with Crippen molar-refractivity contribution in [1.29, 1.82) is 0 Å². The number of nitrogens with zero attached hydrogens (tertiary/aromatic N) is 2. The van der Waals surface area contributed by atoms with E-state index in [0.29, 0.717) is 102 Å². The molecular formula is C98H105FN2O19S4. The van der Waals surface area contributed by atoms with Gasteiger partial charge in [0.05, 0.1) is 53.1 Å². The maximum absolute atomic E-state index is 13.8. The van der Waals surface area contributed by atoms with Gasteiger partial charge in [-0.2, -0.15) is 0 Å². The Balaban J connectivity index is 0.000000142. The third-order valence-corrected chi connectivity index (χ3v) is 26.7. The van der Waals surface area contributed by atoms with Gasteiger partial charge in [0.15, 0.2) is 45.1 Å². The molecule has 0 atom stereocenters. The van der Waals surface area contributed by atoms with Crippen molar-refractivity contribution in [3.63, 3.8) is 0 Å².